The van der Waals surface area contributed by atoms with Crippen molar-refractivity contribution in [3.05, 3.63) is 53.9 Å². The van der Waals surface area contributed by atoms with Crippen LogP contribution >= 0.6 is 0 Å². The van der Waals surface area contributed by atoms with Crippen molar-refractivity contribution in [3.8, 4) is 0 Å². The summed E-state index contributed by atoms with van der Waals surface area (Å²) in [6, 6.07) is 8.42. The minimum Gasteiger partial charge on any atom is -0.437 e. The van der Waals surface area contributed by atoms with E-state index in [2.05, 4.69) is 54.0 Å². The van der Waals surface area contributed by atoms with Crippen molar-refractivity contribution in [1.29, 1.82) is 0 Å². The first-order chi connectivity index (χ1) is 10.7. The fourth-order valence-corrected chi connectivity index (χ4v) is 3.78. The van der Waals surface area contributed by atoms with Gasteiger partial charge in [0, 0.05) is 17.0 Å². The number of pyridine rings is 1. The van der Waals surface area contributed by atoms with Gasteiger partial charge in [0.2, 0.25) is 5.71 Å². The Kier molecular flexibility index (Phi) is 2.25. The summed E-state index contributed by atoms with van der Waals surface area (Å²) in [4.78, 5) is 4.38. The fraction of sp³-hybridized carbons (Fsp3) is 0.263. The molecule has 108 valence electrons. The molecule has 0 spiro atoms. The summed E-state index contributed by atoms with van der Waals surface area (Å²) in [7, 11) is 2.14. The average molecular weight is 289 g/mol. The zero-order valence-electron chi connectivity index (χ0n) is 12.7. The number of furan rings is 1. The van der Waals surface area contributed by atoms with Crippen molar-refractivity contribution in [2.75, 3.05) is 7.05 Å². The van der Waals surface area contributed by atoms with Gasteiger partial charge in [-0.15, -0.1) is 0 Å². The molecule has 0 bridgehead atoms. The van der Waals surface area contributed by atoms with Crippen LogP contribution in [0.5, 0.6) is 0 Å². The van der Waals surface area contributed by atoms with E-state index in [-0.39, 0.29) is 0 Å². The van der Waals surface area contributed by atoms with Crippen molar-refractivity contribution in [1.82, 2.24) is 4.98 Å². The first-order valence-electron chi connectivity index (χ1n) is 7.79. The quantitative estimate of drug-likeness (QED) is 0.636. The van der Waals surface area contributed by atoms with Gasteiger partial charge < -0.3 is 4.42 Å². The largest absolute Gasteiger partial charge is 0.437 e. The Morgan fingerprint density at radius 1 is 1.23 bits per heavy atom. The number of rotatable bonds is 1. The van der Waals surface area contributed by atoms with E-state index in [1.54, 1.807) is 6.20 Å². The Hall–Kier alpha value is -2.42. The second kappa shape index (κ2) is 4.07. The third-order valence-electron chi connectivity index (χ3n) is 5.01. The molecule has 3 heteroatoms. The van der Waals surface area contributed by atoms with Gasteiger partial charge in [-0.05, 0) is 43.0 Å². The number of hydrogen-bond acceptors (Lipinski definition) is 2. The van der Waals surface area contributed by atoms with Crippen LogP contribution in [0.3, 0.4) is 0 Å². The molecule has 2 unspecified atom stereocenters. The first-order valence-corrected chi connectivity index (χ1v) is 7.79. The summed E-state index contributed by atoms with van der Waals surface area (Å²) in [5, 5.41) is 2.26. The summed E-state index contributed by atoms with van der Waals surface area (Å²) in [6.45, 7) is 2.17. The summed E-state index contributed by atoms with van der Waals surface area (Å²) in [5.41, 5.74) is 5.64. The standard InChI is InChI=1S/C19H17N2O/c1-11-5-6-13-14-4-3-8-20-19(14)22-18(13)16(11)17-15-10-12(15)7-9-21(17)2/h3-9,12,15H,10H2,1-2H3/q+1. The lowest BCUT2D eigenvalue weighted by Crippen LogP contribution is -2.21. The highest BCUT2D eigenvalue weighted by atomic mass is 16.3. The van der Waals surface area contributed by atoms with E-state index < -0.39 is 0 Å². The maximum Gasteiger partial charge on any atom is 0.227 e. The Bertz CT molecular complexity index is 993. The molecule has 2 aliphatic rings. The normalized spacial score (nSPS) is 23.4. The van der Waals surface area contributed by atoms with Crippen molar-refractivity contribution in [2.45, 2.75) is 13.3 Å². The zero-order chi connectivity index (χ0) is 14.8. The van der Waals surface area contributed by atoms with Crippen LogP contribution in [0.25, 0.3) is 22.1 Å². The van der Waals surface area contributed by atoms with E-state index in [1.165, 1.54) is 23.3 Å². The van der Waals surface area contributed by atoms with Crippen LogP contribution in [0, 0.1) is 18.8 Å². The van der Waals surface area contributed by atoms with Crippen LogP contribution in [0.15, 0.2) is 47.2 Å². The number of hydrogen-bond donors (Lipinski definition) is 0. The van der Waals surface area contributed by atoms with Gasteiger partial charge in [-0.2, -0.15) is 0 Å². The maximum atomic E-state index is 6.15. The van der Waals surface area contributed by atoms with E-state index in [0.29, 0.717) is 11.8 Å². The number of aromatic nitrogens is 1. The topological polar surface area (TPSA) is 29.0 Å². The third kappa shape index (κ3) is 1.51. The lowest BCUT2D eigenvalue weighted by molar-refractivity contribution is -0.425. The van der Waals surface area contributed by atoms with Gasteiger partial charge >= 0.3 is 0 Å². The Labute approximate surface area is 128 Å². The number of allylic oxidation sites excluding steroid dienone is 1. The van der Waals surface area contributed by atoms with Crippen molar-refractivity contribution < 1.29 is 8.99 Å². The third-order valence-corrected chi connectivity index (χ3v) is 5.01. The van der Waals surface area contributed by atoms with Gasteiger partial charge in [0.25, 0.3) is 0 Å². The molecule has 5 rings (SSSR count). The molecule has 3 aromatic rings. The molecule has 2 aromatic heterocycles. The van der Waals surface area contributed by atoms with Crippen molar-refractivity contribution >= 4 is 27.8 Å². The van der Waals surface area contributed by atoms with E-state index >= 15 is 0 Å². The smallest absolute Gasteiger partial charge is 0.227 e. The molecule has 1 aliphatic carbocycles. The first kappa shape index (κ1) is 12.2. The van der Waals surface area contributed by atoms with E-state index in [4.69, 9.17) is 4.42 Å². The molecule has 1 aliphatic heterocycles. The van der Waals surface area contributed by atoms with E-state index in [9.17, 15) is 0 Å². The molecule has 1 aromatic carbocycles. The van der Waals surface area contributed by atoms with Crippen LogP contribution in [-0.2, 0) is 0 Å². The average Bonchev–Trinajstić information content (AvgIpc) is 3.21. The van der Waals surface area contributed by atoms with Gasteiger partial charge in [-0.1, -0.05) is 12.1 Å². The summed E-state index contributed by atoms with van der Waals surface area (Å²) < 4.78 is 8.41. The Morgan fingerprint density at radius 2 is 2.14 bits per heavy atom. The molecule has 0 radical (unpaired) electrons. The van der Waals surface area contributed by atoms with E-state index in [0.717, 1.165) is 22.1 Å². The maximum absolute atomic E-state index is 6.15. The lowest BCUT2D eigenvalue weighted by Gasteiger charge is -2.10. The molecule has 0 amide bonds. The predicted molar refractivity (Wildman–Crippen MR) is 87.3 cm³/mol. The molecule has 3 nitrogen and oxygen atoms in total. The van der Waals surface area contributed by atoms with Crippen LogP contribution in [-0.4, -0.2) is 22.3 Å². The monoisotopic (exact) mass is 289 g/mol. The highest BCUT2D eigenvalue weighted by Crippen LogP contribution is 2.46. The molecular weight excluding hydrogens is 272 g/mol. The van der Waals surface area contributed by atoms with Gasteiger partial charge in [-0.25, -0.2) is 9.56 Å². The number of benzene rings is 1. The summed E-state index contributed by atoms with van der Waals surface area (Å²) >= 11 is 0. The SMILES string of the molecule is Cc1ccc2c(oc3ncccc32)c1C1=[N+](C)C=CC2CC12. The molecule has 3 heterocycles. The number of fused-ring (bicyclic) bond motifs is 4. The highest BCUT2D eigenvalue weighted by molar-refractivity contribution is 6.15. The van der Waals surface area contributed by atoms with Crippen LogP contribution in [0.2, 0.25) is 0 Å². The molecule has 22 heavy (non-hydrogen) atoms. The molecule has 1 fully saturated rings. The molecule has 2 atom stereocenters. The minimum atomic E-state index is 0.639. The fourth-order valence-electron chi connectivity index (χ4n) is 3.78. The summed E-state index contributed by atoms with van der Waals surface area (Å²) in [5.74, 6) is 1.35. The predicted octanol–water partition coefficient (Wildman–Crippen LogP) is 3.88. The summed E-state index contributed by atoms with van der Waals surface area (Å²) in [6.07, 6.45) is 7.56. The van der Waals surface area contributed by atoms with Crippen molar-refractivity contribution in [3.63, 3.8) is 0 Å². The second-order valence-corrected chi connectivity index (χ2v) is 6.44. The van der Waals surface area contributed by atoms with Gasteiger partial charge in [0.15, 0.2) is 17.5 Å². The molecule has 0 saturated heterocycles. The number of aryl methyl sites for hydroxylation is 1. The number of nitrogens with zero attached hydrogens (tertiary/aromatic N) is 2. The molecule has 0 N–H and O–H groups in total. The molecular formula is C19H17N2O+. The van der Waals surface area contributed by atoms with Crippen LogP contribution in [0.1, 0.15) is 17.5 Å². The molecule has 1 saturated carbocycles. The Balaban J connectivity index is 1.90. The van der Waals surface area contributed by atoms with Crippen LogP contribution < -0.4 is 0 Å². The van der Waals surface area contributed by atoms with E-state index in [1.807, 2.05) is 6.07 Å². The zero-order valence-corrected chi connectivity index (χ0v) is 12.7. The van der Waals surface area contributed by atoms with Gasteiger partial charge in [0.1, 0.15) is 7.05 Å². The van der Waals surface area contributed by atoms with Gasteiger partial charge in [-0.3, -0.25) is 0 Å². The highest BCUT2D eigenvalue weighted by Gasteiger charge is 2.48. The van der Waals surface area contributed by atoms with Crippen LogP contribution in [0.4, 0.5) is 0 Å². The Morgan fingerprint density at radius 3 is 3.05 bits per heavy atom. The lowest BCUT2D eigenvalue weighted by atomic mass is 9.96. The minimum absolute atomic E-state index is 0.639. The second-order valence-electron chi connectivity index (χ2n) is 6.44. The van der Waals surface area contributed by atoms with Crippen molar-refractivity contribution in [2.24, 2.45) is 11.8 Å². The van der Waals surface area contributed by atoms with Gasteiger partial charge in [0.05, 0.1) is 11.5 Å².